The van der Waals surface area contributed by atoms with Crippen molar-refractivity contribution in [1.82, 2.24) is 9.80 Å². The molecule has 30 heavy (non-hydrogen) atoms. The zero-order valence-corrected chi connectivity index (χ0v) is 21.1. The minimum atomic E-state index is -0.234. The predicted octanol–water partition coefficient (Wildman–Crippen LogP) is 4.41. The van der Waals surface area contributed by atoms with E-state index in [4.69, 9.17) is 10.00 Å². The number of piperazine rings is 1. The van der Waals surface area contributed by atoms with Crippen molar-refractivity contribution in [3.8, 4) is 11.8 Å². The third-order valence-corrected chi connectivity index (χ3v) is 6.80. The predicted molar refractivity (Wildman–Crippen MR) is 130 cm³/mol. The van der Waals surface area contributed by atoms with Gasteiger partial charge in [0.1, 0.15) is 11.6 Å². The molecule has 0 N–H and O–H groups in total. The number of hydrogen-bond donors (Lipinski definition) is 0. The molecular formula is C22H22FI2N3O2. The Morgan fingerprint density at radius 2 is 1.80 bits per heavy atom. The van der Waals surface area contributed by atoms with Crippen molar-refractivity contribution in [3.63, 3.8) is 0 Å². The van der Waals surface area contributed by atoms with Gasteiger partial charge >= 0.3 is 0 Å². The molecule has 158 valence electrons. The first-order valence-corrected chi connectivity index (χ1v) is 11.7. The number of amides is 1. The zero-order chi connectivity index (χ0) is 21.8. The van der Waals surface area contributed by atoms with Crippen LogP contribution in [0.2, 0.25) is 0 Å². The van der Waals surface area contributed by atoms with Gasteiger partial charge in [-0.1, -0.05) is 12.1 Å². The highest BCUT2D eigenvalue weighted by atomic mass is 127. The van der Waals surface area contributed by atoms with Crippen LogP contribution < -0.4 is 4.74 Å². The molecule has 0 spiro atoms. The van der Waals surface area contributed by atoms with Crippen molar-refractivity contribution < 1.29 is 13.9 Å². The quantitative estimate of drug-likeness (QED) is 0.459. The van der Waals surface area contributed by atoms with Crippen LogP contribution in [0.1, 0.15) is 25.0 Å². The number of nitrogens with zero attached hydrogens (tertiary/aromatic N) is 3. The number of rotatable bonds is 5. The average Bonchev–Trinajstić information content (AvgIpc) is 2.71. The Morgan fingerprint density at radius 3 is 2.40 bits per heavy atom. The van der Waals surface area contributed by atoms with E-state index < -0.39 is 0 Å². The first kappa shape index (κ1) is 23.2. The molecule has 1 heterocycles. The van der Waals surface area contributed by atoms with Gasteiger partial charge in [-0.3, -0.25) is 9.69 Å². The normalized spacial score (nSPS) is 19.4. The number of benzene rings is 2. The monoisotopic (exact) mass is 633 g/mol. The molecule has 1 aliphatic rings. The summed E-state index contributed by atoms with van der Waals surface area (Å²) in [7, 11) is 0. The zero-order valence-electron chi connectivity index (χ0n) is 16.7. The molecule has 0 aliphatic carbocycles. The van der Waals surface area contributed by atoms with E-state index in [1.807, 2.05) is 11.8 Å². The maximum absolute atomic E-state index is 13.1. The number of carbonyl (C=O) groups is 1. The lowest BCUT2D eigenvalue weighted by Gasteiger charge is -2.44. The third kappa shape index (κ3) is 5.62. The van der Waals surface area contributed by atoms with Gasteiger partial charge in [-0.05, 0) is 88.9 Å². The highest BCUT2D eigenvalue weighted by Crippen LogP contribution is 2.29. The maximum atomic E-state index is 13.1. The smallest absolute Gasteiger partial charge is 0.260 e. The lowest BCUT2D eigenvalue weighted by Crippen LogP contribution is -2.58. The molecule has 2 aromatic rings. The van der Waals surface area contributed by atoms with E-state index in [1.165, 1.54) is 12.1 Å². The third-order valence-electron chi connectivity index (χ3n) is 5.20. The van der Waals surface area contributed by atoms with Gasteiger partial charge in [0, 0.05) is 31.7 Å². The molecular weight excluding hydrogens is 611 g/mol. The number of hydrogen-bond acceptors (Lipinski definition) is 4. The van der Waals surface area contributed by atoms with E-state index in [2.05, 4.69) is 63.1 Å². The average molecular weight is 633 g/mol. The standard InChI is InChI=1S/C22H22FI2N3O2/c1-14-11-28(15(2)10-27(14)12-16-3-5-18(23)6-4-16)21(29)13-30-22-19(24)7-17(9-26)8-20(22)25/h3-8,14-15H,10-13H2,1-2H3/t14-,15+/m1/s1. The minimum Gasteiger partial charge on any atom is -0.482 e. The maximum Gasteiger partial charge on any atom is 0.260 e. The summed E-state index contributed by atoms with van der Waals surface area (Å²) in [6.07, 6.45) is 0. The SMILES string of the molecule is C[C@@H]1CN(C(=O)COc2c(I)cc(C#N)cc2I)[C@@H](C)CN1Cc1ccc(F)cc1. The van der Waals surface area contributed by atoms with E-state index in [0.29, 0.717) is 17.9 Å². The molecule has 0 unspecified atom stereocenters. The van der Waals surface area contributed by atoms with Crippen LogP contribution in [-0.2, 0) is 11.3 Å². The molecule has 0 radical (unpaired) electrons. The summed E-state index contributed by atoms with van der Waals surface area (Å²) in [4.78, 5) is 17.0. The van der Waals surface area contributed by atoms with Gasteiger partial charge < -0.3 is 9.64 Å². The number of halogens is 3. The van der Waals surface area contributed by atoms with Crippen molar-refractivity contribution in [2.45, 2.75) is 32.5 Å². The van der Waals surface area contributed by atoms with E-state index in [9.17, 15) is 9.18 Å². The highest BCUT2D eigenvalue weighted by Gasteiger charge is 2.32. The number of ether oxygens (including phenoxy) is 1. The van der Waals surface area contributed by atoms with Crippen LogP contribution in [0, 0.1) is 24.3 Å². The van der Waals surface area contributed by atoms with E-state index >= 15 is 0 Å². The Hall–Kier alpha value is -1.45. The lowest BCUT2D eigenvalue weighted by molar-refractivity contribution is -0.139. The van der Waals surface area contributed by atoms with Crippen molar-refractivity contribution in [2.24, 2.45) is 0 Å². The van der Waals surface area contributed by atoms with Crippen LogP contribution in [0.25, 0.3) is 0 Å². The Kier molecular flexibility index (Phi) is 7.92. The summed E-state index contributed by atoms with van der Waals surface area (Å²) < 4.78 is 20.6. The largest absolute Gasteiger partial charge is 0.482 e. The van der Waals surface area contributed by atoms with Gasteiger partial charge in [-0.2, -0.15) is 5.26 Å². The second-order valence-corrected chi connectivity index (χ2v) is 9.79. The molecule has 1 fully saturated rings. The molecule has 3 rings (SSSR count). The van der Waals surface area contributed by atoms with Crippen LogP contribution in [0.5, 0.6) is 5.75 Å². The summed E-state index contributed by atoms with van der Waals surface area (Å²) in [5.41, 5.74) is 1.63. The fourth-order valence-electron chi connectivity index (χ4n) is 3.57. The van der Waals surface area contributed by atoms with Gasteiger partial charge in [0.05, 0.1) is 18.8 Å². The van der Waals surface area contributed by atoms with Crippen molar-refractivity contribution in [3.05, 3.63) is 60.5 Å². The van der Waals surface area contributed by atoms with Crippen molar-refractivity contribution in [1.29, 1.82) is 5.26 Å². The van der Waals surface area contributed by atoms with Crippen LogP contribution in [0.4, 0.5) is 4.39 Å². The molecule has 0 saturated carbocycles. The van der Waals surface area contributed by atoms with Gasteiger partial charge in [-0.25, -0.2) is 4.39 Å². The lowest BCUT2D eigenvalue weighted by atomic mass is 10.1. The van der Waals surface area contributed by atoms with Gasteiger partial charge in [-0.15, -0.1) is 0 Å². The second kappa shape index (κ2) is 10.2. The fourth-order valence-corrected chi connectivity index (χ4v) is 5.65. The summed E-state index contributed by atoms with van der Waals surface area (Å²) in [5.74, 6) is 0.355. The summed E-state index contributed by atoms with van der Waals surface area (Å²) >= 11 is 4.25. The minimum absolute atomic E-state index is 0.0348. The second-order valence-electron chi connectivity index (χ2n) is 7.47. The summed E-state index contributed by atoms with van der Waals surface area (Å²) in [6, 6.07) is 12.4. The Morgan fingerprint density at radius 1 is 1.17 bits per heavy atom. The van der Waals surface area contributed by atoms with Crippen LogP contribution in [0.3, 0.4) is 0 Å². The summed E-state index contributed by atoms with van der Waals surface area (Å²) in [5, 5.41) is 9.07. The molecule has 1 saturated heterocycles. The molecule has 1 aliphatic heterocycles. The fraction of sp³-hybridized carbons (Fsp3) is 0.364. The van der Waals surface area contributed by atoms with Gasteiger partial charge in [0.15, 0.2) is 6.61 Å². The van der Waals surface area contributed by atoms with Gasteiger partial charge in [0.25, 0.3) is 5.91 Å². The highest BCUT2D eigenvalue weighted by molar-refractivity contribution is 14.1. The Bertz CT molecular complexity index is 939. The summed E-state index contributed by atoms with van der Waals surface area (Å²) in [6.45, 7) is 6.20. The van der Waals surface area contributed by atoms with Crippen molar-refractivity contribution in [2.75, 3.05) is 19.7 Å². The van der Waals surface area contributed by atoms with Gasteiger partial charge in [0.2, 0.25) is 0 Å². The van der Waals surface area contributed by atoms with E-state index in [-0.39, 0.29) is 30.4 Å². The first-order valence-electron chi connectivity index (χ1n) is 9.58. The van der Waals surface area contributed by atoms with Crippen LogP contribution in [0.15, 0.2) is 36.4 Å². The van der Waals surface area contributed by atoms with Crippen LogP contribution in [-0.4, -0.2) is 47.5 Å². The van der Waals surface area contributed by atoms with Crippen molar-refractivity contribution >= 4 is 51.1 Å². The molecule has 8 heteroatoms. The molecule has 0 aromatic heterocycles. The number of nitriles is 1. The van der Waals surface area contributed by atoms with E-state index in [1.54, 1.807) is 24.3 Å². The molecule has 1 amide bonds. The number of carbonyl (C=O) groups excluding carboxylic acids is 1. The molecule has 2 aromatic carbocycles. The molecule has 0 bridgehead atoms. The topological polar surface area (TPSA) is 56.6 Å². The molecule has 5 nitrogen and oxygen atoms in total. The van der Waals surface area contributed by atoms with Crippen LogP contribution >= 0.6 is 45.2 Å². The Labute approximate surface area is 203 Å². The Balaban J connectivity index is 1.60. The molecule has 2 atom stereocenters. The first-order chi connectivity index (χ1) is 14.3. The van der Waals surface area contributed by atoms with E-state index in [0.717, 1.165) is 25.8 Å².